The number of nitrogens with one attached hydrogen (secondary N) is 1. The average Bonchev–Trinajstić information content (AvgIpc) is 2.85. The Balaban J connectivity index is 1.79. The minimum atomic E-state index is 0.752. The summed E-state index contributed by atoms with van der Waals surface area (Å²) in [4.78, 5) is 4.61. The van der Waals surface area contributed by atoms with Gasteiger partial charge >= 0.3 is 0 Å². The van der Waals surface area contributed by atoms with Crippen LogP contribution in [-0.2, 0) is 20.0 Å². The third-order valence-corrected chi connectivity index (χ3v) is 3.39. The van der Waals surface area contributed by atoms with Crippen LogP contribution in [0, 0.1) is 0 Å². The Bertz CT molecular complexity index is 730. The molecule has 20 heavy (non-hydrogen) atoms. The highest BCUT2D eigenvalue weighted by Gasteiger charge is 2.06. The van der Waals surface area contributed by atoms with Crippen LogP contribution in [0.15, 0.2) is 42.6 Å². The van der Waals surface area contributed by atoms with Gasteiger partial charge in [0.05, 0.1) is 11.2 Å². The van der Waals surface area contributed by atoms with Gasteiger partial charge in [-0.05, 0) is 24.6 Å². The van der Waals surface area contributed by atoms with Crippen molar-refractivity contribution in [2.75, 3.05) is 5.32 Å². The molecular weight excluding hydrogens is 248 g/mol. The van der Waals surface area contributed by atoms with E-state index in [-0.39, 0.29) is 0 Å². The molecule has 2 aromatic heterocycles. The molecule has 102 valence electrons. The highest BCUT2D eigenvalue weighted by molar-refractivity contribution is 5.80. The minimum absolute atomic E-state index is 0.752. The monoisotopic (exact) mass is 266 g/mol. The number of rotatable bonds is 4. The van der Waals surface area contributed by atoms with Gasteiger partial charge in [-0.25, -0.2) is 4.98 Å². The molecule has 4 nitrogen and oxygen atoms in total. The first-order valence-corrected chi connectivity index (χ1v) is 6.87. The van der Waals surface area contributed by atoms with Crippen LogP contribution in [0.3, 0.4) is 0 Å². The van der Waals surface area contributed by atoms with Crippen LogP contribution >= 0.6 is 0 Å². The van der Waals surface area contributed by atoms with Gasteiger partial charge in [-0.3, -0.25) is 4.68 Å². The first kappa shape index (κ1) is 12.7. The first-order chi connectivity index (χ1) is 9.76. The largest absolute Gasteiger partial charge is 0.366 e. The molecule has 3 rings (SSSR count). The molecule has 0 atom stereocenters. The van der Waals surface area contributed by atoms with Gasteiger partial charge in [0, 0.05) is 30.7 Å². The van der Waals surface area contributed by atoms with Crippen molar-refractivity contribution >= 4 is 16.7 Å². The second kappa shape index (κ2) is 5.33. The van der Waals surface area contributed by atoms with E-state index in [1.807, 2.05) is 36.0 Å². The maximum Gasteiger partial charge on any atom is 0.126 e. The summed E-state index contributed by atoms with van der Waals surface area (Å²) in [6.07, 6.45) is 3.01. The third-order valence-electron chi connectivity index (χ3n) is 3.39. The zero-order chi connectivity index (χ0) is 13.9. The summed E-state index contributed by atoms with van der Waals surface area (Å²) in [5.74, 6) is 0.898. The smallest absolute Gasteiger partial charge is 0.126 e. The minimum Gasteiger partial charge on any atom is -0.366 e. The number of fused-ring (bicyclic) bond motifs is 1. The average molecular weight is 266 g/mol. The second-order valence-corrected chi connectivity index (χ2v) is 4.87. The zero-order valence-corrected chi connectivity index (χ0v) is 11.8. The van der Waals surface area contributed by atoms with Crippen molar-refractivity contribution in [3.63, 3.8) is 0 Å². The van der Waals surface area contributed by atoms with Gasteiger partial charge in [-0.1, -0.05) is 25.1 Å². The van der Waals surface area contributed by atoms with E-state index in [4.69, 9.17) is 0 Å². The molecule has 1 aromatic carbocycles. The molecular formula is C16H18N4. The molecule has 2 heterocycles. The fraction of sp³-hybridized carbons (Fsp3) is 0.250. The van der Waals surface area contributed by atoms with Gasteiger partial charge in [-0.2, -0.15) is 5.10 Å². The maximum absolute atomic E-state index is 4.61. The third kappa shape index (κ3) is 2.50. The normalized spacial score (nSPS) is 10.9. The van der Waals surface area contributed by atoms with Gasteiger partial charge in [0.25, 0.3) is 0 Å². The Kier molecular flexibility index (Phi) is 3.37. The fourth-order valence-corrected chi connectivity index (χ4v) is 2.38. The van der Waals surface area contributed by atoms with Crippen molar-refractivity contribution in [3.8, 4) is 0 Å². The zero-order valence-electron chi connectivity index (χ0n) is 11.8. The van der Waals surface area contributed by atoms with Crippen molar-refractivity contribution in [1.82, 2.24) is 14.8 Å². The number of hydrogen-bond donors (Lipinski definition) is 1. The number of aryl methyl sites for hydroxylation is 2. The number of aromatic nitrogens is 3. The highest BCUT2D eigenvalue weighted by atomic mass is 15.3. The first-order valence-electron chi connectivity index (χ1n) is 6.87. The quantitative estimate of drug-likeness (QED) is 0.789. The molecule has 0 fully saturated rings. The lowest BCUT2D eigenvalue weighted by atomic mass is 10.2. The lowest BCUT2D eigenvalue weighted by Gasteiger charge is -2.06. The van der Waals surface area contributed by atoms with Gasteiger partial charge in [-0.15, -0.1) is 0 Å². The molecule has 4 heteroatoms. The van der Waals surface area contributed by atoms with Crippen LogP contribution in [0.1, 0.15) is 18.2 Å². The van der Waals surface area contributed by atoms with Crippen LogP contribution in [0.25, 0.3) is 10.9 Å². The number of hydrogen-bond acceptors (Lipinski definition) is 3. The summed E-state index contributed by atoms with van der Waals surface area (Å²) < 4.78 is 1.86. The van der Waals surface area contributed by atoms with Crippen LogP contribution < -0.4 is 5.32 Å². The van der Waals surface area contributed by atoms with Gasteiger partial charge in [0.15, 0.2) is 0 Å². The summed E-state index contributed by atoms with van der Waals surface area (Å²) >= 11 is 0. The molecule has 3 aromatic rings. The van der Waals surface area contributed by atoms with Crippen LogP contribution in [0.2, 0.25) is 0 Å². The predicted octanol–water partition coefficient (Wildman–Crippen LogP) is 3.14. The Morgan fingerprint density at radius 2 is 2.00 bits per heavy atom. The molecule has 0 saturated heterocycles. The van der Waals surface area contributed by atoms with Gasteiger partial charge in [0.2, 0.25) is 0 Å². The van der Waals surface area contributed by atoms with Crippen LogP contribution in [0.5, 0.6) is 0 Å². The van der Waals surface area contributed by atoms with E-state index in [1.54, 1.807) is 0 Å². The van der Waals surface area contributed by atoms with Crippen molar-refractivity contribution in [2.24, 2.45) is 7.05 Å². The lowest BCUT2D eigenvalue weighted by molar-refractivity contribution is 0.746. The second-order valence-electron chi connectivity index (χ2n) is 4.87. The summed E-state index contributed by atoms with van der Waals surface area (Å²) in [7, 11) is 1.96. The van der Waals surface area contributed by atoms with E-state index in [9.17, 15) is 0 Å². The Morgan fingerprint density at radius 3 is 2.85 bits per heavy atom. The highest BCUT2D eigenvalue weighted by Crippen LogP contribution is 2.16. The van der Waals surface area contributed by atoms with E-state index in [1.165, 1.54) is 5.56 Å². The molecule has 0 aliphatic carbocycles. The molecule has 0 bridgehead atoms. The number of benzene rings is 1. The van der Waals surface area contributed by atoms with Crippen molar-refractivity contribution in [1.29, 1.82) is 0 Å². The van der Waals surface area contributed by atoms with Crippen molar-refractivity contribution in [2.45, 2.75) is 19.9 Å². The van der Waals surface area contributed by atoms with Crippen LogP contribution in [0.4, 0.5) is 5.82 Å². The molecule has 0 amide bonds. The summed E-state index contributed by atoms with van der Waals surface area (Å²) in [6.45, 7) is 2.88. The Hall–Kier alpha value is -2.36. The van der Waals surface area contributed by atoms with Crippen LogP contribution in [-0.4, -0.2) is 14.8 Å². The molecule has 1 N–H and O–H groups in total. The standard InChI is InChI=1S/C16H18N4/c1-3-14-13(11-20(2)19-14)10-17-16-9-8-12-6-4-5-7-15(12)18-16/h4-9,11H,3,10H2,1-2H3,(H,17,18). The van der Waals surface area contributed by atoms with Crippen molar-refractivity contribution in [3.05, 3.63) is 53.9 Å². The van der Waals surface area contributed by atoms with E-state index >= 15 is 0 Å². The van der Waals surface area contributed by atoms with Crippen molar-refractivity contribution < 1.29 is 0 Å². The number of anilines is 1. The fourth-order valence-electron chi connectivity index (χ4n) is 2.38. The number of nitrogens with zero attached hydrogens (tertiary/aromatic N) is 3. The molecule has 0 unspecified atom stereocenters. The topological polar surface area (TPSA) is 42.7 Å². The molecule has 0 aliphatic heterocycles. The molecule has 0 spiro atoms. The van der Waals surface area contributed by atoms with E-state index < -0.39 is 0 Å². The van der Waals surface area contributed by atoms with E-state index in [2.05, 4.69) is 40.7 Å². The van der Waals surface area contributed by atoms with E-state index in [0.717, 1.165) is 35.4 Å². The number of para-hydroxylation sites is 1. The molecule has 0 aliphatic rings. The molecule has 0 radical (unpaired) electrons. The summed E-state index contributed by atoms with van der Waals surface area (Å²) in [6, 6.07) is 12.2. The predicted molar refractivity (Wildman–Crippen MR) is 81.7 cm³/mol. The summed E-state index contributed by atoms with van der Waals surface area (Å²) in [5.41, 5.74) is 3.38. The van der Waals surface area contributed by atoms with Gasteiger partial charge < -0.3 is 5.32 Å². The number of pyridine rings is 1. The SMILES string of the molecule is CCc1nn(C)cc1CNc1ccc2ccccc2n1. The maximum atomic E-state index is 4.61. The Morgan fingerprint density at radius 1 is 1.15 bits per heavy atom. The summed E-state index contributed by atoms with van der Waals surface area (Å²) in [5, 5.41) is 8.99. The van der Waals surface area contributed by atoms with E-state index in [0.29, 0.717) is 0 Å². The Labute approximate surface area is 118 Å². The molecule has 0 saturated carbocycles. The lowest BCUT2D eigenvalue weighted by Crippen LogP contribution is -2.02. The van der Waals surface area contributed by atoms with Gasteiger partial charge in [0.1, 0.15) is 5.82 Å².